The van der Waals surface area contributed by atoms with Crippen molar-refractivity contribution in [2.24, 2.45) is 0 Å². The van der Waals surface area contributed by atoms with Crippen LogP contribution in [0.2, 0.25) is 0 Å². The largest absolute Gasteiger partial charge is 0.310 e. The second kappa shape index (κ2) is 15.0. The molecule has 0 spiro atoms. The van der Waals surface area contributed by atoms with Crippen molar-refractivity contribution in [3.8, 4) is 22.3 Å². The van der Waals surface area contributed by atoms with Gasteiger partial charge in [0.05, 0.1) is 10.8 Å². The van der Waals surface area contributed by atoms with Crippen LogP contribution in [0.15, 0.2) is 212 Å². The third-order valence-electron chi connectivity index (χ3n) is 14.2. The van der Waals surface area contributed by atoms with E-state index in [-0.39, 0.29) is 5.41 Å². The van der Waals surface area contributed by atoms with E-state index in [2.05, 4.69) is 259 Å². The van der Waals surface area contributed by atoms with E-state index in [0.717, 1.165) is 17.1 Å². The van der Waals surface area contributed by atoms with Gasteiger partial charge in [0.1, 0.15) is 0 Å². The van der Waals surface area contributed by atoms with E-state index >= 15 is 0 Å². The van der Waals surface area contributed by atoms with Crippen molar-refractivity contribution in [1.29, 1.82) is 0 Å². The van der Waals surface area contributed by atoms with Crippen LogP contribution in [0.4, 0.5) is 17.1 Å². The highest BCUT2D eigenvalue weighted by Gasteiger charge is 2.49. The lowest BCUT2D eigenvalue weighted by Crippen LogP contribution is -2.31. The van der Waals surface area contributed by atoms with Crippen LogP contribution in [-0.4, -0.2) is 0 Å². The predicted molar refractivity (Wildman–Crippen MR) is 269 cm³/mol. The van der Waals surface area contributed by atoms with Crippen LogP contribution >= 0.6 is 0 Å². The Morgan fingerprint density at radius 3 is 1.27 bits per heavy atom. The summed E-state index contributed by atoms with van der Waals surface area (Å²) in [7, 11) is 0. The normalized spacial score (nSPS) is 17.0. The second-order valence-corrected chi connectivity index (χ2v) is 19.1. The van der Waals surface area contributed by atoms with Crippen LogP contribution in [-0.2, 0) is 16.2 Å². The molecule has 1 heteroatoms. The van der Waals surface area contributed by atoms with Gasteiger partial charge in [-0.3, -0.25) is 0 Å². The number of nitrogens with zero attached hydrogens (tertiary/aromatic N) is 1. The van der Waals surface area contributed by atoms with Crippen LogP contribution in [0, 0.1) is 20.8 Å². The third kappa shape index (κ3) is 5.84. The molecule has 0 bridgehead atoms. The maximum absolute atomic E-state index is 2.51. The number of benzene rings is 9. The lowest BCUT2D eigenvalue weighted by molar-refractivity contribution is 0.589. The van der Waals surface area contributed by atoms with Gasteiger partial charge in [-0.1, -0.05) is 202 Å². The number of rotatable bonds is 7. The average Bonchev–Trinajstić information content (AvgIpc) is 3.77. The van der Waals surface area contributed by atoms with Crippen molar-refractivity contribution < 1.29 is 0 Å². The summed E-state index contributed by atoms with van der Waals surface area (Å²) >= 11 is 0. The molecule has 2 aliphatic rings. The lowest BCUT2D eigenvalue weighted by Gasteiger charge is -2.37. The maximum atomic E-state index is 2.51. The molecule has 0 amide bonds. The van der Waals surface area contributed by atoms with Crippen molar-refractivity contribution in [1.82, 2.24) is 0 Å². The molecule has 1 nitrogen and oxygen atoms in total. The fourth-order valence-corrected chi connectivity index (χ4v) is 11.7. The highest BCUT2D eigenvalue weighted by atomic mass is 15.1. The van der Waals surface area contributed by atoms with Crippen LogP contribution < -0.4 is 4.90 Å². The summed E-state index contributed by atoms with van der Waals surface area (Å²) < 4.78 is 0. The molecule has 2 aliphatic carbocycles. The Bertz CT molecular complexity index is 3190. The Kier molecular flexibility index (Phi) is 9.26. The average molecular weight is 824 g/mol. The molecule has 0 saturated carbocycles. The smallest absolute Gasteiger partial charge is 0.0719 e. The van der Waals surface area contributed by atoms with Crippen LogP contribution in [0.3, 0.4) is 0 Å². The molecule has 0 radical (unpaired) electrons. The summed E-state index contributed by atoms with van der Waals surface area (Å²) in [6.45, 7) is 13.7. The molecular formula is C63H53N. The van der Waals surface area contributed by atoms with Gasteiger partial charge in [-0.15, -0.1) is 0 Å². The van der Waals surface area contributed by atoms with Gasteiger partial charge in [0, 0.05) is 17.1 Å². The Balaban J connectivity index is 1.19. The van der Waals surface area contributed by atoms with Crippen LogP contribution in [0.1, 0.15) is 87.5 Å². The summed E-state index contributed by atoms with van der Waals surface area (Å²) in [5.41, 5.74) is 23.1. The molecule has 0 aliphatic heterocycles. The maximum Gasteiger partial charge on any atom is 0.0719 e. The first-order valence-corrected chi connectivity index (χ1v) is 22.8. The van der Waals surface area contributed by atoms with Crippen LogP contribution in [0.25, 0.3) is 22.3 Å². The SMILES string of the molecule is Cc1cc(C)c(C2(c3ccccc3)c3ccccc3-c3ccc(N(c4ccccc4)c4ccc5c(c4)C(c4ccccc4)(c4ccc(C(C)(C)C)cc4)c4ccccc4-5)cc32)c(C)c1. The fraction of sp³-hybridized carbons (Fsp3) is 0.143. The first-order chi connectivity index (χ1) is 31.1. The van der Waals surface area contributed by atoms with E-state index in [0.29, 0.717) is 0 Å². The fourth-order valence-electron chi connectivity index (χ4n) is 11.7. The van der Waals surface area contributed by atoms with Crippen molar-refractivity contribution in [3.63, 3.8) is 0 Å². The van der Waals surface area contributed by atoms with Crippen molar-refractivity contribution in [2.75, 3.05) is 4.90 Å². The lowest BCUT2D eigenvalue weighted by atomic mass is 9.65. The van der Waals surface area contributed by atoms with Gasteiger partial charge < -0.3 is 4.90 Å². The molecule has 0 saturated heterocycles. The standard InChI is InChI=1S/C63H53N/c1-42-38-43(2)60(44(3)39-42)63(47-22-12-8-13-23-47)57-29-19-17-27-53(57)55-37-35-51(41-59(55)63)64(49-24-14-9-15-25-49)50-34-36-54-52-26-16-18-28-56(52)62(58(54)40-50,46-20-10-7-11-21-46)48-32-30-45(31-33-48)61(4,5)6/h7-41H,1-6H3. The zero-order valence-corrected chi connectivity index (χ0v) is 37.7. The number of fused-ring (bicyclic) bond motifs is 6. The summed E-state index contributed by atoms with van der Waals surface area (Å²) in [6, 6.07) is 80.1. The number of aryl methyl sites for hydroxylation is 3. The van der Waals surface area contributed by atoms with E-state index < -0.39 is 10.8 Å². The number of hydrogen-bond acceptors (Lipinski definition) is 1. The first-order valence-electron chi connectivity index (χ1n) is 22.8. The molecule has 9 aromatic carbocycles. The molecule has 11 rings (SSSR count). The van der Waals surface area contributed by atoms with E-state index in [1.165, 1.54) is 89.0 Å². The number of anilines is 3. The molecule has 0 heterocycles. The van der Waals surface area contributed by atoms with Gasteiger partial charge in [-0.25, -0.2) is 0 Å². The molecule has 9 aromatic rings. The minimum absolute atomic E-state index is 0.0411. The zero-order chi connectivity index (χ0) is 43.8. The van der Waals surface area contributed by atoms with Crippen molar-refractivity contribution >= 4 is 17.1 Å². The van der Waals surface area contributed by atoms with Crippen LogP contribution in [0.5, 0.6) is 0 Å². The number of para-hydroxylation sites is 1. The molecule has 310 valence electrons. The molecule has 0 N–H and O–H groups in total. The molecule has 0 aromatic heterocycles. The second-order valence-electron chi connectivity index (χ2n) is 19.1. The van der Waals surface area contributed by atoms with Gasteiger partial charge in [-0.05, 0) is 146 Å². The Hall–Kier alpha value is -7.22. The summed E-state index contributed by atoms with van der Waals surface area (Å²) in [4.78, 5) is 2.48. The zero-order valence-electron chi connectivity index (χ0n) is 37.7. The highest BCUT2D eigenvalue weighted by Crippen LogP contribution is 2.60. The van der Waals surface area contributed by atoms with E-state index in [9.17, 15) is 0 Å². The molecule has 64 heavy (non-hydrogen) atoms. The van der Waals surface area contributed by atoms with E-state index in [1.807, 2.05) is 0 Å². The molecular weight excluding hydrogens is 771 g/mol. The van der Waals surface area contributed by atoms with Crippen molar-refractivity contribution in [3.05, 3.63) is 279 Å². The predicted octanol–water partition coefficient (Wildman–Crippen LogP) is 16.1. The Morgan fingerprint density at radius 2 is 0.750 bits per heavy atom. The van der Waals surface area contributed by atoms with Gasteiger partial charge in [0.15, 0.2) is 0 Å². The van der Waals surface area contributed by atoms with Gasteiger partial charge in [0.25, 0.3) is 0 Å². The molecule has 0 fully saturated rings. The van der Waals surface area contributed by atoms with Crippen molar-refractivity contribution in [2.45, 2.75) is 57.8 Å². The number of hydrogen-bond donors (Lipinski definition) is 0. The summed E-state index contributed by atoms with van der Waals surface area (Å²) in [5, 5.41) is 0. The third-order valence-corrected chi connectivity index (χ3v) is 14.2. The Morgan fingerprint density at radius 1 is 0.344 bits per heavy atom. The highest BCUT2D eigenvalue weighted by molar-refractivity contribution is 5.92. The van der Waals surface area contributed by atoms with Gasteiger partial charge >= 0.3 is 0 Å². The summed E-state index contributed by atoms with van der Waals surface area (Å²) in [5.74, 6) is 0. The van der Waals surface area contributed by atoms with Gasteiger partial charge in [-0.2, -0.15) is 0 Å². The minimum Gasteiger partial charge on any atom is -0.310 e. The molecule has 2 unspecified atom stereocenters. The Labute approximate surface area is 379 Å². The molecule has 2 atom stereocenters. The minimum atomic E-state index is -0.537. The summed E-state index contributed by atoms with van der Waals surface area (Å²) in [6.07, 6.45) is 0. The topological polar surface area (TPSA) is 3.24 Å². The van der Waals surface area contributed by atoms with E-state index in [4.69, 9.17) is 0 Å². The first kappa shape index (κ1) is 39.6. The van der Waals surface area contributed by atoms with E-state index in [1.54, 1.807) is 0 Å². The van der Waals surface area contributed by atoms with Gasteiger partial charge in [0.2, 0.25) is 0 Å². The quantitative estimate of drug-likeness (QED) is 0.155. The monoisotopic (exact) mass is 823 g/mol.